The Morgan fingerprint density at radius 2 is 1.58 bits per heavy atom. The van der Waals surface area contributed by atoms with Crippen LogP contribution in [-0.4, -0.2) is 4.57 Å². The van der Waals surface area contributed by atoms with Gasteiger partial charge in [0.2, 0.25) is 0 Å². The molecule has 19 heavy (non-hydrogen) atoms. The second-order valence-corrected chi connectivity index (χ2v) is 5.58. The molecule has 0 aliphatic carbocycles. The highest BCUT2D eigenvalue weighted by Gasteiger charge is 2.14. The van der Waals surface area contributed by atoms with Crippen LogP contribution >= 0.6 is 0 Å². The third-order valence-corrected chi connectivity index (χ3v) is 3.91. The van der Waals surface area contributed by atoms with E-state index in [-0.39, 0.29) is 0 Å². The smallest absolute Gasteiger partial charge is 0.234 e. The molecule has 0 amide bonds. The molecule has 0 aliphatic rings. The van der Waals surface area contributed by atoms with Crippen molar-refractivity contribution in [2.45, 2.75) is 91.6 Å². The largest absolute Gasteiger partial charge is 0.256 e. The van der Waals surface area contributed by atoms with Gasteiger partial charge in [-0.2, -0.15) is 0 Å². The summed E-state index contributed by atoms with van der Waals surface area (Å²) in [7, 11) is 0. The first-order chi connectivity index (χ1) is 9.33. The number of aryl methyl sites for hydroxylation is 2. The first-order valence-electron chi connectivity index (χ1n) is 8.40. The van der Waals surface area contributed by atoms with Gasteiger partial charge in [-0.05, 0) is 25.7 Å². The maximum Gasteiger partial charge on any atom is 0.256 e. The van der Waals surface area contributed by atoms with Gasteiger partial charge in [-0.25, -0.2) is 9.13 Å². The lowest BCUT2D eigenvalue weighted by atomic mass is 10.2. The fourth-order valence-electron chi connectivity index (χ4n) is 2.73. The van der Waals surface area contributed by atoms with Crippen LogP contribution in [0.2, 0.25) is 0 Å². The van der Waals surface area contributed by atoms with Gasteiger partial charge in [0.05, 0.1) is 13.1 Å². The Kier molecular flexibility index (Phi) is 8.61. The highest BCUT2D eigenvalue weighted by molar-refractivity contribution is 4.83. The number of hydrogen-bond acceptors (Lipinski definition) is 0. The Morgan fingerprint density at radius 3 is 2.21 bits per heavy atom. The summed E-state index contributed by atoms with van der Waals surface area (Å²) in [6.07, 6.45) is 16.5. The summed E-state index contributed by atoms with van der Waals surface area (Å²) in [6.45, 7) is 9.23. The van der Waals surface area contributed by atoms with Gasteiger partial charge in [0.15, 0.2) is 0 Å². The summed E-state index contributed by atoms with van der Waals surface area (Å²) < 4.78 is 4.94. The molecule has 2 heteroatoms. The molecule has 1 heterocycles. The van der Waals surface area contributed by atoms with Crippen molar-refractivity contribution in [3.63, 3.8) is 0 Å². The second-order valence-electron chi connectivity index (χ2n) is 5.58. The molecule has 2 nitrogen and oxygen atoms in total. The highest BCUT2D eigenvalue weighted by Crippen LogP contribution is 2.05. The summed E-state index contributed by atoms with van der Waals surface area (Å²) in [5.74, 6) is 1.51. The number of nitrogens with zero attached hydrogens (tertiary/aromatic N) is 2. The molecule has 0 saturated carbocycles. The molecular weight excluding hydrogens is 232 g/mol. The van der Waals surface area contributed by atoms with Gasteiger partial charge in [-0.1, -0.05) is 46.5 Å². The van der Waals surface area contributed by atoms with Crippen molar-refractivity contribution < 1.29 is 4.57 Å². The molecule has 0 aromatic carbocycles. The maximum atomic E-state index is 2.47. The van der Waals surface area contributed by atoms with Crippen molar-refractivity contribution in [1.82, 2.24) is 4.57 Å². The second kappa shape index (κ2) is 10.1. The van der Waals surface area contributed by atoms with E-state index in [0.29, 0.717) is 0 Å². The first-order valence-corrected chi connectivity index (χ1v) is 8.40. The standard InChI is InChI=1S/C17H33N2/c1-4-7-9-11-13-18-15-16-19(17(18)6-3)14-12-10-8-5-2/h15-16H,4-14H2,1-3H3/q+1. The quantitative estimate of drug-likeness (QED) is 0.411. The topological polar surface area (TPSA) is 8.81 Å². The number of hydrogen-bond donors (Lipinski definition) is 0. The van der Waals surface area contributed by atoms with E-state index in [1.54, 1.807) is 0 Å². The number of rotatable bonds is 11. The average Bonchev–Trinajstić information content (AvgIpc) is 2.82. The van der Waals surface area contributed by atoms with E-state index in [0.717, 1.165) is 6.42 Å². The minimum Gasteiger partial charge on any atom is -0.234 e. The van der Waals surface area contributed by atoms with Crippen LogP contribution in [0, 0.1) is 0 Å². The third kappa shape index (κ3) is 5.80. The Morgan fingerprint density at radius 1 is 0.895 bits per heavy atom. The number of imidazole rings is 1. The molecule has 0 aliphatic heterocycles. The molecule has 0 bridgehead atoms. The van der Waals surface area contributed by atoms with Gasteiger partial charge in [-0.3, -0.25) is 0 Å². The van der Waals surface area contributed by atoms with Crippen LogP contribution < -0.4 is 4.57 Å². The predicted octanol–water partition coefficient (Wildman–Crippen LogP) is 4.50. The fraction of sp³-hybridized carbons (Fsp3) is 0.824. The molecule has 0 atom stereocenters. The van der Waals surface area contributed by atoms with Crippen molar-refractivity contribution in [2.75, 3.05) is 0 Å². The molecule has 1 rings (SSSR count). The van der Waals surface area contributed by atoms with Crippen LogP contribution in [0.4, 0.5) is 0 Å². The van der Waals surface area contributed by atoms with E-state index in [9.17, 15) is 0 Å². The minimum atomic E-state index is 1.15. The lowest BCUT2D eigenvalue weighted by Gasteiger charge is -2.03. The summed E-state index contributed by atoms with van der Waals surface area (Å²) in [6, 6.07) is 0. The van der Waals surface area contributed by atoms with E-state index in [1.165, 1.54) is 70.3 Å². The van der Waals surface area contributed by atoms with Crippen LogP contribution in [0.15, 0.2) is 12.4 Å². The Balaban J connectivity index is 2.42. The van der Waals surface area contributed by atoms with Gasteiger partial charge in [0, 0.05) is 6.42 Å². The van der Waals surface area contributed by atoms with Crippen molar-refractivity contribution >= 4 is 0 Å². The summed E-state index contributed by atoms with van der Waals surface area (Å²) in [5.41, 5.74) is 0. The summed E-state index contributed by atoms with van der Waals surface area (Å²) in [4.78, 5) is 0. The van der Waals surface area contributed by atoms with Gasteiger partial charge in [0.25, 0.3) is 5.82 Å². The average molecular weight is 265 g/mol. The fourth-order valence-corrected chi connectivity index (χ4v) is 2.73. The van der Waals surface area contributed by atoms with Gasteiger partial charge >= 0.3 is 0 Å². The molecule has 1 aromatic rings. The minimum absolute atomic E-state index is 1.15. The molecule has 110 valence electrons. The van der Waals surface area contributed by atoms with Crippen LogP contribution in [0.5, 0.6) is 0 Å². The van der Waals surface area contributed by atoms with Crippen LogP contribution in [0.1, 0.15) is 78.0 Å². The van der Waals surface area contributed by atoms with E-state index >= 15 is 0 Å². The van der Waals surface area contributed by atoms with Crippen LogP contribution in [-0.2, 0) is 19.5 Å². The van der Waals surface area contributed by atoms with Crippen LogP contribution in [0.25, 0.3) is 0 Å². The lowest BCUT2D eigenvalue weighted by molar-refractivity contribution is -0.704. The van der Waals surface area contributed by atoms with Gasteiger partial charge in [-0.15, -0.1) is 0 Å². The maximum absolute atomic E-state index is 2.47. The predicted molar refractivity (Wildman–Crippen MR) is 82.3 cm³/mol. The molecule has 0 N–H and O–H groups in total. The zero-order valence-corrected chi connectivity index (χ0v) is 13.3. The van der Waals surface area contributed by atoms with Gasteiger partial charge in [0.1, 0.15) is 12.4 Å². The molecule has 0 unspecified atom stereocenters. The monoisotopic (exact) mass is 265 g/mol. The molecule has 0 radical (unpaired) electrons. The van der Waals surface area contributed by atoms with E-state index in [1.807, 2.05) is 0 Å². The van der Waals surface area contributed by atoms with Crippen LogP contribution in [0.3, 0.4) is 0 Å². The van der Waals surface area contributed by atoms with Crippen molar-refractivity contribution in [1.29, 1.82) is 0 Å². The zero-order chi connectivity index (χ0) is 13.9. The first kappa shape index (κ1) is 16.3. The van der Waals surface area contributed by atoms with E-state index in [4.69, 9.17) is 0 Å². The van der Waals surface area contributed by atoms with E-state index in [2.05, 4.69) is 42.3 Å². The summed E-state index contributed by atoms with van der Waals surface area (Å²) >= 11 is 0. The van der Waals surface area contributed by atoms with Crippen molar-refractivity contribution in [2.24, 2.45) is 0 Å². The number of aromatic nitrogens is 2. The zero-order valence-electron chi connectivity index (χ0n) is 13.3. The molecular formula is C17H33N2+. The number of unbranched alkanes of at least 4 members (excludes halogenated alkanes) is 6. The Hall–Kier alpha value is -0.790. The normalized spacial score (nSPS) is 11.1. The molecule has 1 aromatic heterocycles. The molecule has 0 saturated heterocycles. The Bertz CT molecular complexity index is 299. The van der Waals surface area contributed by atoms with E-state index < -0.39 is 0 Å². The highest BCUT2D eigenvalue weighted by atomic mass is 15.1. The van der Waals surface area contributed by atoms with Gasteiger partial charge < -0.3 is 0 Å². The summed E-state index contributed by atoms with van der Waals surface area (Å²) in [5, 5.41) is 0. The van der Waals surface area contributed by atoms with Crippen molar-refractivity contribution in [3.05, 3.63) is 18.2 Å². The Labute approximate surface area is 119 Å². The van der Waals surface area contributed by atoms with Crippen molar-refractivity contribution in [3.8, 4) is 0 Å². The third-order valence-electron chi connectivity index (χ3n) is 3.91. The lowest BCUT2D eigenvalue weighted by Crippen LogP contribution is -2.37. The molecule has 0 fully saturated rings. The SMILES string of the molecule is CCCCCCn1cc[n+](CCCCCC)c1CC. The molecule has 0 spiro atoms.